The van der Waals surface area contributed by atoms with Gasteiger partial charge in [-0.15, -0.1) is 13.2 Å². The van der Waals surface area contributed by atoms with Crippen LogP contribution in [0.25, 0.3) is 0 Å². The molecule has 2 N–H and O–H groups in total. The highest BCUT2D eigenvalue weighted by molar-refractivity contribution is 8.15. The molecule has 0 saturated carbocycles. The molecule has 41 heavy (non-hydrogen) atoms. The lowest BCUT2D eigenvalue weighted by atomic mass is 10.1. The van der Waals surface area contributed by atoms with Crippen molar-refractivity contribution in [3.8, 4) is 11.5 Å². The van der Waals surface area contributed by atoms with Crippen LogP contribution < -0.4 is 15.2 Å². The van der Waals surface area contributed by atoms with E-state index in [9.17, 15) is 18.0 Å². The minimum absolute atomic E-state index is 0.177. The standard InChI is InChI=1S/C28H25F3N6O3S/c1-17-12-23(39-3)13-18(2)25(17)36-27-37(24(38)15-41-27)35-14-19-4-6-20(7-5-19)26(32)34-16-33-21-8-10-22(11-9-21)40-28(29,30)31/h4-14,16H,15H2,1-3H3,(H2,32,33,34). The summed E-state index contributed by atoms with van der Waals surface area (Å²) in [6.07, 6.45) is -2.01. The number of amides is 1. The summed E-state index contributed by atoms with van der Waals surface area (Å²) in [5.74, 6) is 0.637. The van der Waals surface area contributed by atoms with Crippen LogP contribution in [0.5, 0.6) is 11.5 Å². The summed E-state index contributed by atoms with van der Waals surface area (Å²) < 4.78 is 45.9. The molecule has 4 rings (SSSR count). The fourth-order valence-electron chi connectivity index (χ4n) is 3.69. The largest absolute Gasteiger partial charge is 0.573 e. The smallest absolute Gasteiger partial charge is 0.497 e. The van der Waals surface area contributed by atoms with Crippen LogP contribution in [-0.2, 0) is 4.79 Å². The molecule has 0 spiro atoms. The Hall–Kier alpha value is -4.65. The highest BCUT2D eigenvalue weighted by atomic mass is 32.2. The van der Waals surface area contributed by atoms with Crippen LogP contribution in [-0.4, -0.2) is 53.7 Å². The van der Waals surface area contributed by atoms with E-state index < -0.39 is 6.36 Å². The van der Waals surface area contributed by atoms with E-state index in [0.717, 1.165) is 40.3 Å². The number of carbonyl (C=O) groups is 1. The minimum atomic E-state index is -4.76. The molecule has 0 aromatic heterocycles. The van der Waals surface area contributed by atoms with Gasteiger partial charge in [0.2, 0.25) is 0 Å². The van der Waals surface area contributed by atoms with Crippen LogP contribution in [0.3, 0.4) is 0 Å². The summed E-state index contributed by atoms with van der Waals surface area (Å²) in [6, 6.07) is 15.8. The van der Waals surface area contributed by atoms with E-state index in [2.05, 4.69) is 19.8 Å². The fraction of sp³-hybridized carbons (Fsp3) is 0.179. The Bertz CT molecular complexity index is 1510. The molecule has 1 heterocycles. The molecule has 3 aromatic rings. The number of nitrogens with two attached hydrogens (primary N) is 1. The molecule has 9 nitrogen and oxygen atoms in total. The quantitative estimate of drug-likeness (QED) is 0.264. The summed E-state index contributed by atoms with van der Waals surface area (Å²) in [5, 5.41) is 6.13. The molecular weight excluding hydrogens is 557 g/mol. The van der Waals surface area contributed by atoms with E-state index in [4.69, 9.17) is 15.5 Å². The second kappa shape index (κ2) is 12.7. The van der Waals surface area contributed by atoms with Crippen molar-refractivity contribution in [2.75, 3.05) is 12.9 Å². The first-order chi connectivity index (χ1) is 19.5. The first-order valence-electron chi connectivity index (χ1n) is 12.1. The number of rotatable bonds is 8. The SMILES string of the molecule is COc1cc(C)c(N=C2SCC(=O)N2N=Cc2ccc(C(N)=NC=Nc3ccc(OC(F)(F)F)cc3)cc2)c(C)c1. The van der Waals surface area contributed by atoms with E-state index in [1.54, 1.807) is 37.6 Å². The Balaban J connectivity index is 1.42. The molecule has 3 aromatic carbocycles. The predicted octanol–water partition coefficient (Wildman–Crippen LogP) is 5.87. The number of ether oxygens (including phenoxy) is 2. The normalized spacial score (nSPS) is 15.5. The van der Waals surface area contributed by atoms with Gasteiger partial charge < -0.3 is 15.2 Å². The summed E-state index contributed by atoms with van der Waals surface area (Å²) in [6.45, 7) is 3.86. The second-order valence-corrected chi connectivity index (χ2v) is 9.61. The van der Waals surface area contributed by atoms with Crippen LogP contribution in [0.1, 0.15) is 22.3 Å². The fourth-order valence-corrected chi connectivity index (χ4v) is 4.49. The molecular formula is C28H25F3N6O3S. The first kappa shape index (κ1) is 29.3. The lowest BCUT2D eigenvalue weighted by Gasteiger charge is -2.12. The Morgan fingerprint density at radius 3 is 2.29 bits per heavy atom. The zero-order valence-corrected chi connectivity index (χ0v) is 23.0. The third-order valence-electron chi connectivity index (χ3n) is 5.65. The number of hydrazone groups is 1. The molecule has 1 amide bonds. The molecule has 1 saturated heterocycles. The van der Waals surface area contributed by atoms with E-state index in [1.807, 2.05) is 26.0 Å². The van der Waals surface area contributed by atoms with Crippen LogP contribution in [0.4, 0.5) is 24.5 Å². The molecule has 212 valence electrons. The molecule has 0 radical (unpaired) electrons. The number of aryl methyl sites for hydroxylation is 2. The molecule has 0 aliphatic carbocycles. The van der Waals surface area contributed by atoms with Crippen molar-refractivity contribution >= 4 is 52.6 Å². The van der Waals surface area contributed by atoms with Gasteiger partial charge in [-0.25, -0.2) is 15.0 Å². The topological polar surface area (TPSA) is 114 Å². The maximum Gasteiger partial charge on any atom is 0.573 e. The average molecular weight is 583 g/mol. The molecule has 0 bridgehead atoms. The van der Waals surface area contributed by atoms with Gasteiger partial charge in [0.15, 0.2) is 5.17 Å². The zero-order chi connectivity index (χ0) is 29.6. The maximum atomic E-state index is 12.5. The van der Waals surface area contributed by atoms with Gasteiger partial charge in [-0.05, 0) is 66.9 Å². The van der Waals surface area contributed by atoms with Crippen molar-refractivity contribution in [3.05, 3.63) is 82.9 Å². The van der Waals surface area contributed by atoms with Crippen LogP contribution in [0.2, 0.25) is 0 Å². The molecule has 1 aliphatic rings. The number of alkyl halides is 3. The van der Waals surface area contributed by atoms with E-state index >= 15 is 0 Å². The average Bonchev–Trinajstić information content (AvgIpc) is 3.28. The van der Waals surface area contributed by atoms with Crippen LogP contribution >= 0.6 is 11.8 Å². The molecule has 1 fully saturated rings. The first-order valence-corrected chi connectivity index (χ1v) is 13.1. The Morgan fingerprint density at radius 2 is 1.68 bits per heavy atom. The van der Waals surface area contributed by atoms with Crippen molar-refractivity contribution in [1.29, 1.82) is 0 Å². The Labute approximate surface area is 238 Å². The highest BCUT2D eigenvalue weighted by Gasteiger charge is 2.31. The second-order valence-electron chi connectivity index (χ2n) is 8.67. The molecule has 0 unspecified atom stereocenters. The Kier molecular flexibility index (Phi) is 9.07. The van der Waals surface area contributed by atoms with Crippen molar-refractivity contribution in [3.63, 3.8) is 0 Å². The van der Waals surface area contributed by atoms with Crippen LogP contribution in [0, 0.1) is 13.8 Å². The number of benzene rings is 3. The van der Waals surface area contributed by atoms with Crippen molar-refractivity contribution < 1.29 is 27.4 Å². The summed E-state index contributed by atoms with van der Waals surface area (Å²) >= 11 is 1.32. The lowest BCUT2D eigenvalue weighted by Crippen LogP contribution is -2.23. The number of carbonyl (C=O) groups excluding carboxylic acids is 1. The highest BCUT2D eigenvalue weighted by Crippen LogP contribution is 2.32. The van der Waals surface area contributed by atoms with Crippen molar-refractivity contribution in [2.45, 2.75) is 20.2 Å². The van der Waals surface area contributed by atoms with Gasteiger partial charge in [0.05, 0.1) is 30.5 Å². The van der Waals surface area contributed by atoms with Crippen molar-refractivity contribution in [1.82, 2.24) is 5.01 Å². The Morgan fingerprint density at radius 1 is 1.02 bits per heavy atom. The number of methoxy groups -OCH3 is 1. The van der Waals surface area contributed by atoms with Crippen LogP contribution in [0.15, 0.2) is 80.7 Å². The van der Waals surface area contributed by atoms with Gasteiger partial charge >= 0.3 is 6.36 Å². The van der Waals surface area contributed by atoms with Crippen molar-refractivity contribution in [2.24, 2.45) is 25.8 Å². The number of nitrogens with zero attached hydrogens (tertiary/aromatic N) is 5. The van der Waals surface area contributed by atoms with E-state index in [-0.39, 0.29) is 23.2 Å². The van der Waals surface area contributed by atoms with Gasteiger partial charge in [-0.2, -0.15) is 10.1 Å². The van der Waals surface area contributed by atoms with Gasteiger partial charge in [-0.3, -0.25) is 4.79 Å². The lowest BCUT2D eigenvalue weighted by molar-refractivity contribution is -0.274. The third-order valence-corrected chi connectivity index (χ3v) is 6.57. The number of hydrogen-bond donors (Lipinski definition) is 1. The summed E-state index contributed by atoms with van der Waals surface area (Å²) in [5.41, 5.74) is 10.3. The van der Waals surface area contributed by atoms with E-state index in [1.165, 1.54) is 35.2 Å². The van der Waals surface area contributed by atoms with Gasteiger partial charge in [0.25, 0.3) is 5.91 Å². The number of aliphatic imine (C=N–C) groups is 3. The van der Waals surface area contributed by atoms with Gasteiger partial charge in [0, 0.05) is 5.56 Å². The number of amidine groups is 2. The number of thioether (sulfide) groups is 1. The monoisotopic (exact) mass is 582 g/mol. The minimum Gasteiger partial charge on any atom is -0.497 e. The predicted molar refractivity (Wildman–Crippen MR) is 155 cm³/mol. The van der Waals surface area contributed by atoms with E-state index in [0.29, 0.717) is 16.4 Å². The van der Waals surface area contributed by atoms with Gasteiger partial charge in [-0.1, -0.05) is 36.0 Å². The molecule has 0 atom stereocenters. The number of halogens is 3. The third kappa shape index (κ3) is 7.94. The number of hydrogen-bond acceptors (Lipinski definition) is 7. The molecule has 1 aliphatic heterocycles. The summed E-state index contributed by atoms with van der Waals surface area (Å²) in [7, 11) is 1.61. The zero-order valence-electron chi connectivity index (χ0n) is 22.2. The summed E-state index contributed by atoms with van der Waals surface area (Å²) in [4.78, 5) is 25.3. The maximum absolute atomic E-state index is 12.5. The molecule has 13 heteroatoms. The van der Waals surface area contributed by atoms with Gasteiger partial charge in [0.1, 0.15) is 23.7 Å².